The minimum absolute atomic E-state index is 0.179. The SMILES string of the molecule is O=C(CN1CCCC1)N1CCCC(c2cc(-c3ccc4c(c3)CC/C4=N/O)c(-c3ccncc3)o2)C1. The van der Waals surface area contributed by atoms with Gasteiger partial charge in [-0.3, -0.25) is 14.7 Å². The van der Waals surface area contributed by atoms with E-state index in [1.165, 1.54) is 18.4 Å². The lowest BCUT2D eigenvalue weighted by molar-refractivity contribution is -0.133. The molecule has 3 aromatic rings. The van der Waals surface area contributed by atoms with Crippen LogP contribution in [0.5, 0.6) is 0 Å². The van der Waals surface area contributed by atoms with Crippen molar-refractivity contribution in [3.8, 4) is 22.5 Å². The summed E-state index contributed by atoms with van der Waals surface area (Å²) in [6.07, 6.45) is 9.58. The topological polar surface area (TPSA) is 82.2 Å². The minimum Gasteiger partial charge on any atom is -0.460 e. The molecule has 1 aliphatic carbocycles. The standard InChI is InChI=1S/C29H32N4O3/c34-28(19-32-13-1-2-14-32)33-15-3-4-23(18-33)27-17-25(29(36-27)20-9-11-30-12-10-20)22-5-7-24-21(16-22)6-8-26(24)31-35/h5,7,9-12,16-17,23,35H,1-4,6,8,13-15,18-19H2/b31-26-. The van der Waals surface area contributed by atoms with E-state index in [9.17, 15) is 10.0 Å². The first-order valence-corrected chi connectivity index (χ1v) is 13.1. The Morgan fingerprint density at radius 3 is 2.64 bits per heavy atom. The number of oxime groups is 1. The number of aryl methyl sites for hydroxylation is 1. The average Bonchev–Trinajstić information content (AvgIpc) is 3.68. The molecule has 2 aliphatic heterocycles. The Morgan fingerprint density at radius 1 is 1.00 bits per heavy atom. The van der Waals surface area contributed by atoms with E-state index in [0.717, 1.165) is 84.8 Å². The van der Waals surface area contributed by atoms with Gasteiger partial charge in [-0.1, -0.05) is 23.4 Å². The van der Waals surface area contributed by atoms with Gasteiger partial charge in [0.25, 0.3) is 0 Å². The van der Waals surface area contributed by atoms with Gasteiger partial charge in [-0.15, -0.1) is 0 Å². The van der Waals surface area contributed by atoms with E-state index < -0.39 is 0 Å². The fourth-order valence-corrected chi connectivity index (χ4v) is 5.95. The van der Waals surface area contributed by atoms with Gasteiger partial charge in [-0.25, -0.2) is 0 Å². The van der Waals surface area contributed by atoms with Crippen molar-refractivity contribution in [1.29, 1.82) is 0 Å². The number of nitrogens with zero attached hydrogens (tertiary/aromatic N) is 4. The Balaban J connectivity index is 1.30. The van der Waals surface area contributed by atoms with Gasteiger partial charge in [-0.2, -0.15) is 0 Å². The Hall–Kier alpha value is -3.45. The van der Waals surface area contributed by atoms with Crippen molar-refractivity contribution in [2.24, 2.45) is 5.16 Å². The van der Waals surface area contributed by atoms with Gasteiger partial charge in [0.2, 0.25) is 5.91 Å². The first kappa shape index (κ1) is 23.0. The predicted molar refractivity (Wildman–Crippen MR) is 138 cm³/mol. The Kier molecular flexibility index (Phi) is 6.32. The molecule has 2 aromatic heterocycles. The molecular weight excluding hydrogens is 452 g/mol. The lowest BCUT2D eigenvalue weighted by atomic mass is 9.93. The molecule has 0 spiro atoms. The third kappa shape index (κ3) is 4.44. The number of hydrogen-bond donors (Lipinski definition) is 1. The van der Waals surface area contributed by atoms with E-state index in [1.54, 1.807) is 12.4 Å². The fourth-order valence-electron chi connectivity index (χ4n) is 5.95. The molecule has 0 saturated carbocycles. The van der Waals surface area contributed by atoms with Gasteiger partial charge in [0.15, 0.2) is 0 Å². The number of benzene rings is 1. The van der Waals surface area contributed by atoms with Gasteiger partial charge in [0.05, 0.1) is 12.3 Å². The summed E-state index contributed by atoms with van der Waals surface area (Å²) in [7, 11) is 0. The van der Waals surface area contributed by atoms with Gasteiger partial charge in [0, 0.05) is 48.1 Å². The van der Waals surface area contributed by atoms with E-state index in [2.05, 4.69) is 39.3 Å². The molecule has 6 rings (SSSR count). The van der Waals surface area contributed by atoms with Crippen LogP contribution < -0.4 is 0 Å². The van der Waals surface area contributed by atoms with E-state index in [0.29, 0.717) is 13.1 Å². The molecule has 7 heteroatoms. The molecule has 1 unspecified atom stereocenters. The highest BCUT2D eigenvalue weighted by Gasteiger charge is 2.30. The summed E-state index contributed by atoms with van der Waals surface area (Å²) >= 11 is 0. The van der Waals surface area contributed by atoms with E-state index in [1.807, 2.05) is 17.0 Å². The molecule has 1 amide bonds. The van der Waals surface area contributed by atoms with Crippen LogP contribution in [-0.4, -0.2) is 64.3 Å². The highest BCUT2D eigenvalue weighted by Crippen LogP contribution is 2.40. The summed E-state index contributed by atoms with van der Waals surface area (Å²) in [5, 5.41) is 12.8. The van der Waals surface area contributed by atoms with Crippen molar-refractivity contribution in [3.05, 3.63) is 65.7 Å². The first-order chi connectivity index (χ1) is 17.7. The van der Waals surface area contributed by atoms with Crippen LogP contribution in [0.1, 0.15) is 54.9 Å². The van der Waals surface area contributed by atoms with E-state index >= 15 is 0 Å². The van der Waals surface area contributed by atoms with Crippen LogP contribution >= 0.6 is 0 Å². The Labute approximate surface area is 211 Å². The number of piperidine rings is 1. The zero-order valence-corrected chi connectivity index (χ0v) is 20.5. The number of carbonyl (C=O) groups excluding carboxylic acids is 1. The predicted octanol–water partition coefficient (Wildman–Crippen LogP) is 4.93. The maximum Gasteiger partial charge on any atom is 0.236 e. The van der Waals surface area contributed by atoms with Crippen LogP contribution in [-0.2, 0) is 11.2 Å². The van der Waals surface area contributed by atoms with Crippen LogP contribution in [0.15, 0.2) is 58.4 Å². The maximum absolute atomic E-state index is 13.0. The smallest absolute Gasteiger partial charge is 0.236 e. The monoisotopic (exact) mass is 484 g/mol. The molecule has 2 fully saturated rings. The van der Waals surface area contributed by atoms with Crippen LogP contribution in [0.25, 0.3) is 22.5 Å². The normalized spacial score (nSPS) is 21.3. The molecule has 1 aromatic carbocycles. The largest absolute Gasteiger partial charge is 0.460 e. The molecule has 7 nitrogen and oxygen atoms in total. The summed E-state index contributed by atoms with van der Waals surface area (Å²) in [6, 6.07) is 12.5. The summed E-state index contributed by atoms with van der Waals surface area (Å²) in [5.74, 6) is 2.19. The third-order valence-electron chi connectivity index (χ3n) is 7.91. The first-order valence-electron chi connectivity index (χ1n) is 13.1. The van der Waals surface area contributed by atoms with Crippen molar-refractivity contribution in [2.75, 3.05) is 32.7 Å². The molecule has 4 heterocycles. The highest BCUT2D eigenvalue weighted by molar-refractivity contribution is 6.04. The molecule has 0 radical (unpaired) electrons. The zero-order valence-electron chi connectivity index (χ0n) is 20.5. The van der Waals surface area contributed by atoms with Crippen molar-refractivity contribution < 1.29 is 14.4 Å². The lowest BCUT2D eigenvalue weighted by Crippen LogP contribution is -2.44. The second-order valence-electron chi connectivity index (χ2n) is 10.2. The molecule has 0 bridgehead atoms. The number of likely N-dealkylation sites (tertiary alicyclic amines) is 2. The number of hydrogen-bond acceptors (Lipinski definition) is 6. The van der Waals surface area contributed by atoms with Crippen LogP contribution in [0.3, 0.4) is 0 Å². The molecule has 3 aliphatic rings. The van der Waals surface area contributed by atoms with Crippen LogP contribution in [0.4, 0.5) is 0 Å². The van der Waals surface area contributed by atoms with Crippen LogP contribution in [0, 0.1) is 0 Å². The maximum atomic E-state index is 13.0. The highest BCUT2D eigenvalue weighted by atomic mass is 16.4. The summed E-state index contributed by atoms with van der Waals surface area (Å²) in [4.78, 5) is 21.5. The van der Waals surface area contributed by atoms with Gasteiger partial charge < -0.3 is 14.5 Å². The van der Waals surface area contributed by atoms with Crippen molar-refractivity contribution >= 4 is 11.6 Å². The summed E-state index contributed by atoms with van der Waals surface area (Å²) in [5.41, 5.74) is 6.10. The zero-order chi connectivity index (χ0) is 24.5. The number of fused-ring (bicyclic) bond motifs is 1. The number of rotatable bonds is 5. The molecule has 36 heavy (non-hydrogen) atoms. The molecular formula is C29H32N4O3. The van der Waals surface area contributed by atoms with Gasteiger partial charge in [0.1, 0.15) is 11.5 Å². The van der Waals surface area contributed by atoms with Crippen molar-refractivity contribution in [2.45, 2.75) is 44.4 Å². The number of pyridine rings is 1. The third-order valence-corrected chi connectivity index (χ3v) is 7.91. The lowest BCUT2D eigenvalue weighted by Gasteiger charge is -2.33. The summed E-state index contributed by atoms with van der Waals surface area (Å²) in [6.45, 7) is 4.13. The summed E-state index contributed by atoms with van der Waals surface area (Å²) < 4.78 is 6.58. The minimum atomic E-state index is 0.179. The average molecular weight is 485 g/mol. The number of carbonyl (C=O) groups is 1. The number of furan rings is 1. The number of amides is 1. The van der Waals surface area contributed by atoms with Crippen LogP contribution in [0.2, 0.25) is 0 Å². The van der Waals surface area contributed by atoms with Gasteiger partial charge >= 0.3 is 0 Å². The van der Waals surface area contributed by atoms with E-state index in [4.69, 9.17) is 4.42 Å². The fraction of sp³-hybridized carbons (Fsp3) is 0.414. The second kappa shape index (κ2) is 9.90. The number of aromatic nitrogens is 1. The second-order valence-corrected chi connectivity index (χ2v) is 10.2. The molecule has 1 N–H and O–H groups in total. The Bertz CT molecular complexity index is 1280. The molecule has 186 valence electrons. The quantitative estimate of drug-likeness (QED) is 0.410. The van der Waals surface area contributed by atoms with Crippen molar-refractivity contribution in [1.82, 2.24) is 14.8 Å². The van der Waals surface area contributed by atoms with Crippen molar-refractivity contribution in [3.63, 3.8) is 0 Å². The molecule has 1 atom stereocenters. The van der Waals surface area contributed by atoms with E-state index in [-0.39, 0.29) is 11.8 Å². The van der Waals surface area contributed by atoms with Gasteiger partial charge in [-0.05, 0) is 80.9 Å². The molecule has 2 saturated heterocycles. The Morgan fingerprint density at radius 2 is 1.83 bits per heavy atom.